The summed E-state index contributed by atoms with van der Waals surface area (Å²) in [6.07, 6.45) is 0. The second kappa shape index (κ2) is 6.63. The zero-order valence-electron chi connectivity index (χ0n) is 11.9. The topological polar surface area (TPSA) is 53.9 Å². The molecule has 0 unspecified atom stereocenters. The Morgan fingerprint density at radius 2 is 1.85 bits per heavy atom. The SMILES string of the molecule is Cc1nnc(-c2ccc(Cl)cc2)nc1NCCN(C)C. The molecule has 0 radical (unpaired) electrons. The van der Waals surface area contributed by atoms with Gasteiger partial charge < -0.3 is 10.2 Å². The lowest BCUT2D eigenvalue weighted by atomic mass is 10.2. The van der Waals surface area contributed by atoms with Gasteiger partial charge in [-0.15, -0.1) is 10.2 Å². The molecule has 0 atom stereocenters. The molecule has 1 aromatic carbocycles. The van der Waals surface area contributed by atoms with Gasteiger partial charge in [-0.25, -0.2) is 4.98 Å². The molecule has 1 heterocycles. The van der Waals surface area contributed by atoms with Gasteiger partial charge >= 0.3 is 0 Å². The lowest BCUT2D eigenvalue weighted by molar-refractivity contribution is 0.425. The molecule has 0 aliphatic rings. The number of hydrogen-bond donors (Lipinski definition) is 1. The molecule has 0 saturated heterocycles. The minimum Gasteiger partial charge on any atom is -0.367 e. The fraction of sp³-hybridized carbons (Fsp3) is 0.357. The van der Waals surface area contributed by atoms with Gasteiger partial charge in [-0.3, -0.25) is 0 Å². The highest BCUT2D eigenvalue weighted by Gasteiger charge is 2.07. The van der Waals surface area contributed by atoms with Gasteiger partial charge in [-0.1, -0.05) is 11.6 Å². The van der Waals surface area contributed by atoms with E-state index in [1.165, 1.54) is 0 Å². The lowest BCUT2D eigenvalue weighted by Crippen LogP contribution is -2.21. The Morgan fingerprint density at radius 3 is 2.50 bits per heavy atom. The third-order valence-corrected chi connectivity index (χ3v) is 3.06. The van der Waals surface area contributed by atoms with Crippen LogP contribution in [0.5, 0.6) is 0 Å². The van der Waals surface area contributed by atoms with Crippen molar-refractivity contribution >= 4 is 17.4 Å². The minimum atomic E-state index is 0.597. The van der Waals surface area contributed by atoms with E-state index in [1.54, 1.807) is 0 Å². The standard InChI is InChI=1S/C14H18ClN5/c1-10-13(16-8-9-20(2)3)17-14(19-18-10)11-4-6-12(15)7-5-11/h4-7H,8-9H2,1-3H3,(H,16,17,19). The number of nitrogens with one attached hydrogen (secondary N) is 1. The van der Waals surface area contributed by atoms with Gasteiger partial charge in [0.1, 0.15) is 5.69 Å². The zero-order valence-corrected chi connectivity index (χ0v) is 12.6. The fourth-order valence-electron chi connectivity index (χ4n) is 1.67. The van der Waals surface area contributed by atoms with Crippen LogP contribution in [0.15, 0.2) is 24.3 Å². The Balaban J connectivity index is 2.17. The van der Waals surface area contributed by atoms with Gasteiger partial charge in [-0.05, 0) is 45.3 Å². The molecule has 6 heteroatoms. The number of benzene rings is 1. The van der Waals surface area contributed by atoms with E-state index in [1.807, 2.05) is 45.3 Å². The van der Waals surface area contributed by atoms with E-state index in [2.05, 4.69) is 25.4 Å². The normalized spacial score (nSPS) is 10.8. The predicted octanol–water partition coefficient (Wildman–Crippen LogP) is 2.47. The van der Waals surface area contributed by atoms with Crippen molar-refractivity contribution in [1.29, 1.82) is 0 Å². The number of hydrogen-bond acceptors (Lipinski definition) is 5. The molecule has 106 valence electrons. The molecule has 0 aliphatic heterocycles. The van der Waals surface area contributed by atoms with Crippen LogP contribution in [0.2, 0.25) is 5.02 Å². The molecule has 1 aromatic heterocycles. The highest BCUT2D eigenvalue weighted by Crippen LogP contribution is 2.19. The number of anilines is 1. The van der Waals surface area contributed by atoms with Crippen LogP contribution in [0.3, 0.4) is 0 Å². The van der Waals surface area contributed by atoms with Crippen molar-refractivity contribution in [2.45, 2.75) is 6.92 Å². The maximum Gasteiger partial charge on any atom is 0.183 e. The summed E-state index contributed by atoms with van der Waals surface area (Å²) in [5.41, 5.74) is 1.69. The summed E-state index contributed by atoms with van der Waals surface area (Å²) in [6.45, 7) is 3.63. The summed E-state index contributed by atoms with van der Waals surface area (Å²) in [4.78, 5) is 6.63. The molecule has 5 nitrogen and oxygen atoms in total. The van der Waals surface area contributed by atoms with Gasteiger partial charge in [-0.2, -0.15) is 0 Å². The van der Waals surface area contributed by atoms with E-state index >= 15 is 0 Å². The van der Waals surface area contributed by atoms with Crippen LogP contribution < -0.4 is 5.32 Å². The highest BCUT2D eigenvalue weighted by molar-refractivity contribution is 6.30. The van der Waals surface area contributed by atoms with E-state index in [0.29, 0.717) is 10.8 Å². The first-order valence-electron chi connectivity index (χ1n) is 6.42. The van der Waals surface area contributed by atoms with Gasteiger partial charge in [0.05, 0.1) is 0 Å². The lowest BCUT2D eigenvalue weighted by Gasteiger charge is -2.12. The zero-order chi connectivity index (χ0) is 14.5. The van der Waals surface area contributed by atoms with Crippen molar-refractivity contribution in [3.63, 3.8) is 0 Å². The van der Waals surface area contributed by atoms with Crippen LogP contribution in [0, 0.1) is 6.92 Å². The third-order valence-electron chi connectivity index (χ3n) is 2.81. The van der Waals surface area contributed by atoms with E-state index in [4.69, 9.17) is 11.6 Å². The molecule has 1 N–H and O–H groups in total. The van der Waals surface area contributed by atoms with Gasteiger partial charge in [0.15, 0.2) is 11.6 Å². The molecule has 0 spiro atoms. The molecular weight excluding hydrogens is 274 g/mol. The number of aryl methyl sites for hydroxylation is 1. The van der Waals surface area contributed by atoms with E-state index in [-0.39, 0.29) is 0 Å². The van der Waals surface area contributed by atoms with Crippen molar-refractivity contribution in [1.82, 2.24) is 20.1 Å². The summed E-state index contributed by atoms with van der Waals surface area (Å²) in [6, 6.07) is 7.41. The molecule has 2 rings (SSSR count). The van der Waals surface area contributed by atoms with E-state index in [9.17, 15) is 0 Å². The number of halogens is 1. The van der Waals surface area contributed by atoms with E-state index in [0.717, 1.165) is 30.2 Å². The molecule has 2 aromatic rings. The molecule has 0 saturated carbocycles. The maximum atomic E-state index is 5.88. The molecule has 20 heavy (non-hydrogen) atoms. The fourth-order valence-corrected chi connectivity index (χ4v) is 1.79. The first-order chi connectivity index (χ1) is 9.56. The Kier molecular flexibility index (Phi) is 4.87. The summed E-state index contributed by atoms with van der Waals surface area (Å²) in [5, 5.41) is 12.3. The predicted molar refractivity (Wildman–Crippen MR) is 82.1 cm³/mol. The third kappa shape index (κ3) is 3.88. The summed E-state index contributed by atoms with van der Waals surface area (Å²) >= 11 is 5.88. The Bertz CT molecular complexity index is 568. The Hall–Kier alpha value is -1.72. The van der Waals surface area contributed by atoms with Gasteiger partial charge in [0, 0.05) is 23.7 Å². The van der Waals surface area contributed by atoms with Crippen molar-refractivity contribution in [3.8, 4) is 11.4 Å². The molecule has 0 bridgehead atoms. The van der Waals surface area contributed by atoms with Crippen LogP contribution in [-0.4, -0.2) is 47.3 Å². The minimum absolute atomic E-state index is 0.597. The quantitative estimate of drug-likeness (QED) is 0.917. The van der Waals surface area contributed by atoms with Crippen LogP contribution in [0.1, 0.15) is 5.69 Å². The maximum absolute atomic E-state index is 5.88. The number of nitrogens with zero attached hydrogens (tertiary/aromatic N) is 4. The van der Waals surface area contributed by atoms with Crippen molar-refractivity contribution < 1.29 is 0 Å². The monoisotopic (exact) mass is 291 g/mol. The molecule has 0 fully saturated rings. The summed E-state index contributed by atoms with van der Waals surface area (Å²) < 4.78 is 0. The average molecular weight is 292 g/mol. The van der Waals surface area contributed by atoms with Gasteiger partial charge in [0.2, 0.25) is 0 Å². The van der Waals surface area contributed by atoms with Crippen LogP contribution in [-0.2, 0) is 0 Å². The van der Waals surface area contributed by atoms with Gasteiger partial charge in [0.25, 0.3) is 0 Å². The van der Waals surface area contributed by atoms with E-state index < -0.39 is 0 Å². The highest BCUT2D eigenvalue weighted by atomic mass is 35.5. The average Bonchev–Trinajstić information content (AvgIpc) is 2.41. The summed E-state index contributed by atoms with van der Waals surface area (Å²) in [7, 11) is 4.07. The Morgan fingerprint density at radius 1 is 1.15 bits per heavy atom. The molecular formula is C14H18ClN5. The molecule has 0 aliphatic carbocycles. The number of rotatable bonds is 5. The first-order valence-corrected chi connectivity index (χ1v) is 6.80. The largest absolute Gasteiger partial charge is 0.367 e. The smallest absolute Gasteiger partial charge is 0.183 e. The second-order valence-corrected chi connectivity index (χ2v) is 5.24. The molecule has 0 amide bonds. The van der Waals surface area contributed by atoms with Crippen LogP contribution in [0.4, 0.5) is 5.82 Å². The van der Waals surface area contributed by atoms with Crippen molar-refractivity contribution in [2.75, 3.05) is 32.5 Å². The number of aromatic nitrogens is 3. The second-order valence-electron chi connectivity index (χ2n) is 4.81. The summed E-state index contributed by atoms with van der Waals surface area (Å²) in [5.74, 6) is 1.37. The van der Waals surface area contributed by atoms with Crippen LogP contribution in [0.25, 0.3) is 11.4 Å². The Labute approximate surface area is 124 Å². The number of likely N-dealkylation sites (N-methyl/N-ethyl adjacent to an activating group) is 1. The van der Waals surface area contributed by atoms with Crippen molar-refractivity contribution in [2.24, 2.45) is 0 Å². The first kappa shape index (κ1) is 14.7. The van der Waals surface area contributed by atoms with Crippen molar-refractivity contribution in [3.05, 3.63) is 35.0 Å². The van der Waals surface area contributed by atoms with Crippen LogP contribution >= 0.6 is 11.6 Å².